The van der Waals surface area contributed by atoms with Crippen LogP contribution in [0.5, 0.6) is 5.75 Å². The SMILES string of the molecule is COc1c(CN2O[C@@H](CN)[C@@H]([C@H](C)O)[C@H]2C(=O)N[C@H]2C[C@H]3C[C@@H]([C@@H]2C)C3(C)C)cccc1-c1cc(C(=O)O)cc(N(C)C)c1. The van der Waals surface area contributed by atoms with E-state index in [1.54, 1.807) is 31.2 Å². The summed E-state index contributed by atoms with van der Waals surface area (Å²) in [6.07, 6.45) is 0.804. The molecule has 10 nitrogen and oxygen atoms in total. The van der Waals surface area contributed by atoms with Gasteiger partial charge in [0, 0.05) is 49.4 Å². The molecule has 240 valence electrons. The van der Waals surface area contributed by atoms with Crippen molar-refractivity contribution in [2.75, 3.05) is 32.6 Å². The third-order valence-electron chi connectivity index (χ3n) is 10.7. The molecule has 3 aliphatic carbocycles. The number of amides is 1. The first-order valence-corrected chi connectivity index (χ1v) is 15.6. The fourth-order valence-electron chi connectivity index (χ4n) is 8.02. The maximum absolute atomic E-state index is 14.1. The molecule has 1 saturated heterocycles. The Balaban J connectivity index is 1.46. The van der Waals surface area contributed by atoms with E-state index in [1.807, 2.05) is 43.3 Å². The number of para-hydroxylation sites is 1. The molecule has 1 amide bonds. The van der Waals surface area contributed by atoms with Gasteiger partial charge in [0.25, 0.3) is 0 Å². The van der Waals surface area contributed by atoms with Crippen LogP contribution < -0.4 is 20.7 Å². The fraction of sp³-hybridized carbons (Fsp3) is 0.588. The number of methoxy groups -OCH3 is 1. The Morgan fingerprint density at radius 1 is 1.23 bits per heavy atom. The molecular formula is C34H48N4O6. The number of aliphatic hydroxyl groups is 1. The van der Waals surface area contributed by atoms with Crippen LogP contribution in [0.4, 0.5) is 5.69 Å². The molecule has 10 heteroatoms. The lowest BCUT2D eigenvalue weighted by atomic mass is 9.45. The predicted octanol–water partition coefficient (Wildman–Crippen LogP) is 3.75. The Morgan fingerprint density at radius 3 is 2.52 bits per heavy atom. The van der Waals surface area contributed by atoms with Crippen LogP contribution in [-0.2, 0) is 16.2 Å². The third kappa shape index (κ3) is 5.69. The van der Waals surface area contributed by atoms with Gasteiger partial charge in [0.1, 0.15) is 11.8 Å². The van der Waals surface area contributed by atoms with Gasteiger partial charge in [0.05, 0.1) is 31.4 Å². The Labute approximate surface area is 260 Å². The van der Waals surface area contributed by atoms with Crippen molar-refractivity contribution < 1.29 is 29.4 Å². The van der Waals surface area contributed by atoms with Crippen LogP contribution in [0.15, 0.2) is 36.4 Å². The molecular weight excluding hydrogens is 560 g/mol. The minimum Gasteiger partial charge on any atom is -0.496 e. The number of hydrogen-bond donors (Lipinski definition) is 4. The molecule has 4 fully saturated rings. The highest BCUT2D eigenvalue weighted by atomic mass is 16.7. The molecule has 44 heavy (non-hydrogen) atoms. The van der Waals surface area contributed by atoms with Gasteiger partial charge in [-0.25, -0.2) is 4.79 Å². The molecule has 2 bridgehead atoms. The molecule has 0 radical (unpaired) electrons. The van der Waals surface area contributed by atoms with E-state index in [9.17, 15) is 19.8 Å². The number of aromatic carboxylic acids is 1. The Kier molecular flexibility index (Phi) is 9.01. The minimum atomic E-state index is -1.02. The lowest BCUT2D eigenvalue weighted by Crippen LogP contribution is -2.62. The minimum absolute atomic E-state index is 0.0676. The largest absolute Gasteiger partial charge is 0.496 e. The number of nitrogens with one attached hydrogen (secondary N) is 1. The van der Waals surface area contributed by atoms with Crippen LogP contribution in [0.3, 0.4) is 0 Å². The zero-order chi connectivity index (χ0) is 32.1. The smallest absolute Gasteiger partial charge is 0.335 e. The quantitative estimate of drug-likeness (QED) is 0.318. The zero-order valence-corrected chi connectivity index (χ0v) is 26.9. The summed E-state index contributed by atoms with van der Waals surface area (Å²) in [7, 11) is 5.29. The van der Waals surface area contributed by atoms with E-state index in [0.29, 0.717) is 34.5 Å². The van der Waals surface area contributed by atoms with Crippen LogP contribution in [-0.4, -0.2) is 79.2 Å². The molecule has 0 aromatic heterocycles. The van der Waals surface area contributed by atoms with E-state index in [0.717, 1.165) is 23.2 Å². The summed E-state index contributed by atoms with van der Waals surface area (Å²) in [6, 6.07) is 10.2. The van der Waals surface area contributed by atoms with E-state index in [-0.39, 0.29) is 30.6 Å². The van der Waals surface area contributed by atoms with Gasteiger partial charge in [-0.1, -0.05) is 39.0 Å². The lowest BCUT2D eigenvalue weighted by Gasteiger charge is -2.62. The van der Waals surface area contributed by atoms with Crippen molar-refractivity contribution in [1.82, 2.24) is 10.4 Å². The molecule has 0 spiro atoms. The molecule has 0 unspecified atom stereocenters. The van der Waals surface area contributed by atoms with E-state index in [4.69, 9.17) is 15.3 Å². The number of ether oxygens (including phenoxy) is 1. The summed E-state index contributed by atoms with van der Waals surface area (Å²) in [5.41, 5.74) is 9.48. The van der Waals surface area contributed by atoms with Gasteiger partial charge in [-0.15, -0.1) is 0 Å². The number of rotatable bonds is 10. The summed E-state index contributed by atoms with van der Waals surface area (Å²) < 4.78 is 5.92. The maximum Gasteiger partial charge on any atom is 0.335 e. The van der Waals surface area contributed by atoms with E-state index < -0.39 is 30.1 Å². The van der Waals surface area contributed by atoms with Gasteiger partial charge in [-0.05, 0) is 66.7 Å². The number of carboxylic acids is 1. The average Bonchev–Trinajstić information content (AvgIpc) is 3.36. The van der Waals surface area contributed by atoms with Crippen molar-refractivity contribution in [3.05, 3.63) is 47.5 Å². The number of benzene rings is 2. The first-order valence-electron chi connectivity index (χ1n) is 15.6. The molecule has 1 aliphatic heterocycles. The van der Waals surface area contributed by atoms with Gasteiger partial charge < -0.3 is 30.9 Å². The fourth-order valence-corrected chi connectivity index (χ4v) is 8.02. The number of hydrogen-bond acceptors (Lipinski definition) is 8. The number of anilines is 1. The van der Waals surface area contributed by atoms with Crippen molar-refractivity contribution in [2.45, 2.75) is 71.4 Å². The summed E-state index contributed by atoms with van der Waals surface area (Å²) >= 11 is 0. The lowest BCUT2D eigenvalue weighted by molar-refractivity contribution is -0.175. The van der Waals surface area contributed by atoms with Gasteiger partial charge in [0.2, 0.25) is 5.91 Å². The molecule has 6 rings (SSSR count). The van der Waals surface area contributed by atoms with Crippen molar-refractivity contribution in [3.63, 3.8) is 0 Å². The van der Waals surface area contributed by atoms with Crippen LogP contribution in [0, 0.1) is 29.1 Å². The number of carbonyl (C=O) groups excluding carboxylic acids is 1. The summed E-state index contributed by atoms with van der Waals surface area (Å²) in [5.74, 6) is 0.373. The topological polar surface area (TPSA) is 138 Å². The number of nitrogens with two attached hydrogens (primary N) is 1. The van der Waals surface area contributed by atoms with Crippen molar-refractivity contribution >= 4 is 17.6 Å². The monoisotopic (exact) mass is 608 g/mol. The van der Waals surface area contributed by atoms with Crippen LogP contribution in [0.2, 0.25) is 0 Å². The van der Waals surface area contributed by atoms with E-state index in [2.05, 4.69) is 26.1 Å². The first kappa shape index (κ1) is 32.2. The number of hydroxylamine groups is 2. The van der Waals surface area contributed by atoms with Crippen molar-refractivity contribution in [3.8, 4) is 16.9 Å². The Bertz CT molecular complexity index is 1390. The molecule has 3 saturated carbocycles. The van der Waals surface area contributed by atoms with Crippen molar-refractivity contribution in [1.29, 1.82) is 0 Å². The van der Waals surface area contributed by atoms with E-state index >= 15 is 0 Å². The molecule has 8 atom stereocenters. The highest BCUT2D eigenvalue weighted by molar-refractivity contribution is 5.92. The average molecular weight is 609 g/mol. The van der Waals surface area contributed by atoms with E-state index in [1.165, 1.54) is 6.42 Å². The Morgan fingerprint density at radius 2 is 1.95 bits per heavy atom. The second-order valence-electron chi connectivity index (χ2n) is 13.8. The standard InChI is InChI=1S/C34H48N4O6/c1-18-26-14-23(34(26,3)4)15-27(18)36-32(40)30-29(19(2)39)28(16-35)44-38(30)17-20-9-8-10-25(31(20)43-7)21-11-22(33(41)42)13-24(12-21)37(5)6/h8-13,18-19,23,26-30,39H,14-17,35H2,1-7H3,(H,36,40)(H,41,42)/t18-,19-,23+,26-,27-,28-,29+,30-/m0/s1. The zero-order valence-electron chi connectivity index (χ0n) is 26.9. The first-order chi connectivity index (χ1) is 20.8. The highest BCUT2D eigenvalue weighted by Crippen LogP contribution is 2.61. The third-order valence-corrected chi connectivity index (χ3v) is 10.7. The van der Waals surface area contributed by atoms with Crippen LogP contribution in [0.25, 0.3) is 11.1 Å². The van der Waals surface area contributed by atoms with Gasteiger partial charge >= 0.3 is 5.97 Å². The highest BCUT2D eigenvalue weighted by Gasteiger charge is 2.57. The molecule has 4 aliphatic rings. The number of fused-ring (bicyclic) bond motifs is 2. The molecule has 1 heterocycles. The molecule has 2 aromatic carbocycles. The van der Waals surface area contributed by atoms with Gasteiger partial charge in [-0.3, -0.25) is 9.63 Å². The van der Waals surface area contributed by atoms with Crippen LogP contribution in [0.1, 0.15) is 56.5 Å². The second-order valence-corrected chi connectivity index (χ2v) is 13.8. The summed E-state index contributed by atoms with van der Waals surface area (Å²) in [5, 5.41) is 25.6. The summed E-state index contributed by atoms with van der Waals surface area (Å²) in [4.78, 5) is 34.2. The normalized spacial score (nSPS) is 29.9. The summed E-state index contributed by atoms with van der Waals surface area (Å²) in [6.45, 7) is 8.95. The second kappa shape index (κ2) is 12.3. The maximum atomic E-state index is 14.1. The number of carbonyl (C=O) groups is 2. The van der Waals surface area contributed by atoms with Crippen molar-refractivity contribution in [2.24, 2.45) is 34.8 Å². The van der Waals surface area contributed by atoms with Gasteiger partial charge in [-0.2, -0.15) is 5.06 Å². The molecule has 2 aromatic rings. The van der Waals surface area contributed by atoms with Gasteiger partial charge in [0.15, 0.2) is 0 Å². The number of carboxylic acid groups (broad SMARTS) is 1. The predicted molar refractivity (Wildman–Crippen MR) is 169 cm³/mol. The number of nitrogens with zero attached hydrogens (tertiary/aromatic N) is 2. The Hall–Kier alpha value is -3.18. The number of aliphatic hydroxyl groups excluding tert-OH is 1. The van der Waals surface area contributed by atoms with Crippen LogP contribution >= 0.6 is 0 Å². The molecule has 5 N–H and O–H groups in total.